The Morgan fingerprint density at radius 3 is 2.07 bits per heavy atom. The predicted octanol–water partition coefficient (Wildman–Crippen LogP) is 8.33. The molecule has 2 heterocycles. The number of hydrogen-bond acceptors (Lipinski definition) is 3. The molecule has 0 saturated heterocycles. The molecule has 2 aromatic heterocycles. The number of thiophene rings is 1. The van der Waals surface area contributed by atoms with Crippen LogP contribution in [0.2, 0.25) is 0 Å². The van der Waals surface area contributed by atoms with Crippen molar-refractivity contribution < 1.29 is 4.74 Å². The fraction of sp³-hybridized carbons (Fsp3) is 0.346. The van der Waals surface area contributed by atoms with Crippen molar-refractivity contribution in [1.82, 2.24) is 4.57 Å². The number of benzene rings is 2. The molecule has 0 amide bonds. The SMILES string of the molecule is CC(C)(C)n1ccc2ccsc2c1=S.COc1cc2ccccc2cc1C(C)(C)C. The minimum atomic E-state index is 0.0647. The van der Waals surface area contributed by atoms with Crippen molar-refractivity contribution >= 4 is 44.4 Å². The third kappa shape index (κ3) is 4.76. The molecule has 0 spiro atoms. The Bertz CT molecular complexity index is 1220. The lowest BCUT2D eigenvalue weighted by Crippen LogP contribution is -2.22. The van der Waals surface area contributed by atoms with Gasteiger partial charge in [-0.1, -0.05) is 57.3 Å². The van der Waals surface area contributed by atoms with Crippen LogP contribution >= 0.6 is 23.6 Å². The van der Waals surface area contributed by atoms with Gasteiger partial charge in [0.05, 0.1) is 11.8 Å². The number of ether oxygens (including phenoxy) is 1. The molecule has 0 aliphatic rings. The third-order valence-electron chi connectivity index (χ3n) is 5.11. The van der Waals surface area contributed by atoms with Gasteiger partial charge in [0, 0.05) is 17.3 Å². The summed E-state index contributed by atoms with van der Waals surface area (Å²) < 4.78 is 9.80. The van der Waals surface area contributed by atoms with E-state index in [9.17, 15) is 0 Å². The zero-order chi connectivity index (χ0) is 22.1. The second-order valence-corrected chi connectivity index (χ2v) is 10.8. The van der Waals surface area contributed by atoms with Crippen molar-refractivity contribution in [2.45, 2.75) is 52.5 Å². The van der Waals surface area contributed by atoms with Crippen LogP contribution in [0, 0.1) is 4.64 Å². The molecule has 2 nitrogen and oxygen atoms in total. The zero-order valence-electron chi connectivity index (χ0n) is 18.9. The Hall–Kier alpha value is -2.17. The molecule has 0 radical (unpaired) electrons. The first kappa shape index (κ1) is 22.5. The first-order chi connectivity index (χ1) is 14.0. The molecular formula is C26H31NOS2. The van der Waals surface area contributed by atoms with Crippen molar-refractivity contribution in [2.75, 3.05) is 7.11 Å². The smallest absolute Gasteiger partial charge is 0.124 e. The zero-order valence-corrected chi connectivity index (χ0v) is 20.6. The molecule has 0 aliphatic carbocycles. The largest absolute Gasteiger partial charge is 0.496 e. The van der Waals surface area contributed by atoms with Crippen molar-refractivity contribution in [3.8, 4) is 5.75 Å². The van der Waals surface area contributed by atoms with Crippen molar-refractivity contribution in [1.29, 1.82) is 0 Å². The highest BCUT2D eigenvalue weighted by Crippen LogP contribution is 2.34. The van der Waals surface area contributed by atoms with Crippen LogP contribution in [0.3, 0.4) is 0 Å². The van der Waals surface area contributed by atoms with Crippen molar-refractivity contribution in [2.24, 2.45) is 0 Å². The average Bonchev–Trinajstić information content (AvgIpc) is 3.16. The number of aromatic nitrogens is 1. The number of fused-ring (bicyclic) bond motifs is 2. The standard InChI is InChI=1S/C15H18O.C11H13NS2/c1-15(2,3)13-9-11-7-5-6-8-12(11)10-14(13)16-4;1-11(2,3)12-6-4-8-5-7-14-9(8)10(12)13/h5-10H,1-4H3;4-7H,1-3H3. The molecule has 2 aromatic carbocycles. The van der Waals surface area contributed by atoms with Gasteiger partial charge in [-0.25, -0.2) is 0 Å². The van der Waals surface area contributed by atoms with Crippen molar-refractivity contribution in [3.63, 3.8) is 0 Å². The van der Waals surface area contributed by atoms with E-state index in [-0.39, 0.29) is 11.0 Å². The van der Waals surface area contributed by atoms with E-state index in [1.807, 2.05) is 0 Å². The van der Waals surface area contributed by atoms with Crippen LogP contribution in [0.4, 0.5) is 0 Å². The van der Waals surface area contributed by atoms with E-state index in [0.29, 0.717) is 0 Å². The molecule has 4 heteroatoms. The highest BCUT2D eigenvalue weighted by molar-refractivity contribution is 7.71. The van der Waals surface area contributed by atoms with Crippen LogP contribution in [0.25, 0.3) is 20.9 Å². The summed E-state index contributed by atoms with van der Waals surface area (Å²) in [6, 6.07) is 17.0. The van der Waals surface area contributed by atoms with Gasteiger partial charge in [0.15, 0.2) is 0 Å². The molecule has 0 aliphatic heterocycles. The summed E-state index contributed by atoms with van der Waals surface area (Å²) in [5, 5.41) is 5.84. The lowest BCUT2D eigenvalue weighted by Gasteiger charge is -2.23. The van der Waals surface area contributed by atoms with Crippen molar-refractivity contribution in [3.05, 3.63) is 70.3 Å². The minimum Gasteiger partial charge on any atom is -0.496 e. The summed E-state index contributed by atoms with van der Waals surface area (Å²) in [6.07, 6.45) is 2.08. The first-order valence-electron chi connectivity index (χ1n) is 10.2. The van der Waals surface area contributed by atoms with E-state index >= 15 is 0 Å². The summed E-state index contributed by atoms with van der Waals surface area (Å²) in [5.41, 5.74) is 1.43. The minimum absolute atomic E-state index is 0.0647. The molecular weight excluding hydrogens is 406 g/mol. The monoisotopic (exact) mass is 437 g/mol. The number of pyridine rings is 1. The summed E-state index contributed by atoms with van der Waals surface area (Å²) >= 11 is 7.19. The number of nitrogens with zero attached hydrogens (tertiary/aromatic N) is 1. The number of rotatable bonds is 1. The second-order valence-electron chi connectivity index (χ2n) is 9.52. The van der Waals surface area contributed by atoms with Gasteiger partial charge in [-0.15, -0.1) is 11.3 Å². The van der Waals surface area contributed by atoms with Crippen LogP contribution in [-0.4, -0.2) is 11.7 Å². The normalized spacial score (nSPS) is 12.0. The molecule has 4 rings (SSSR count). The maximum Gasteiger partial charge on any atom is 0.124 e. The van der Waals surface area contributed by atoms with E-state index in [1.165, 1.54) is 26.4 Å². The Morgan fingerprint density at radius 1 is 0.867 bits per heavy atom. The first-order valence-corrected chi connectivity index (χ1v) is 11.5. The third-order valence-corrected chi connectivity index (χ3v) is 6.58. The molecule has 30 heavy (non-hydrogen) atoms. The van der Waals surface area contributed by atoms with Crippen LogP contribution in [-0.2, 0) is 11.0 Å². The summed E-state index contributed by atoms with van der Waals surface area (Å²) in [7, 11) is 1.74. The Kier molecular flexibility index (Phi) is 6.40. The maximum atomic E-state index is 5.48. The Balaban J connectivity index is 0.000000172. The van der Waals surface area contributed by atoms with Gasteiger partial charge in [0.1, 0.15) is 10.4 Å². The second kappa shape index (κ2) is 8.52. The highest BCUT2D eigenvalue weighted by atomic mass is 32.1. The highest BCUT2D eigenvalue weighted by Gasteiger charge is 2.19. The van der Waals surface area contributed by atoms with Gasteiger partial charge in [0.2, 0.25) is 0 Å². The number of methoxy groups -OCH3 is 1. The van der Waals surface area contributed by atoms with Crippen LogP contribution < -0.4 is 4.74 Å². The van der Waals surface area contributed by atoms with E-state index in [4.69, 9.17) is 17.0 Å². The van der Waals surface area contributed by atoms with Gasteiger partial charge in [0.25, 0.3) is 0 Å². The quantitative estimate of drug-likeness (QED) is 0.278. The van der Waals surface area contributed by atoms with E-state index in [1.54, 1.807) is 18.4 Å². The Morgan fingerprint density at radius 2 is 1.50 bits per heavy atom. The van der Waals surface area contributed by atoms with Crippen LogP contribution in [0.5, 0.6) is 5.75 Å². The molecule has 0 saturated carbocycles. The van der Waals surface area contributed by atoms with Gasteiger partial charge < -0.3 is 9.30 Å². The molecule has 0 atom stereocenters. The molecule has 158 valence electrons. The molecule has 0 fully saturated rings. The van der Waals surface area contributed by atoms with Gasteiger partial charge in [-0.05, 0) is 72.0 Å². The van der Waals surface area contributed by atoms with E-state index in [2.05, 4.69) is 106 Å². The topological polar surface area (TPSA) is 14.2 Å². The lowest BCUT2D eigenvalue weighted by molar-refractivity contribution is 0.392. The lowest BCUT2D eigenvalue weighted by atomic mass is 9.85. The van der Waals surface area contributed by atoms with Gasteiger partial charge in [-0.2, -0.15) is 0 Å². The maximum absolute atomic E-state index is 5.48. The summed E-state index contributed by atoms with van der Waals surface area (Å²) in [5.74, 6) is 0.978. The average molecular weight is 438 g/mol. The molecule has 0 bridgehead atoms. The van der Waals surface area contributed by atoms with Gasteiger partial charge >= 0.3 is 0 Å². The molecule has 4 aromatic rings. The molecule has 0 N–H and O–H groups in total. The Labute approximate surface area is 189 Å². The fourth-order valence-corrected chi connectivity index (χ4v) is 4.88. The van der Waals surface area contributed by atoms with Crippen LogP contribution in [0.1, 0.15) is 47.1 Å². The summed E-state index contributed by atoms with van der Waals surface area (Å²) in [6.45, 7) is 13.1. The molecule has 0 unspecified atom stereocenters. The van der Waals surface area contributed by atoms with Gasteiger partial charge in [-0.3, -0.25) is 0 Å². The van der Waals surface area contributed by atoms with E-state index < -0.39 is 0 Å². The van der Waals surface area contributed by atoms with Crippen LogP contribution in [0.15, 0.2) is 60.1 Å². The van der Waals surface area contributed by atoms with E-state index in [0.717, 1.165) is 10.4 Å². The predicted molar refractivity (Wildman–Crippen MR) is 135 cm³/mol. The summed E-state index contributed by atoms with van der Waals surface area (Å²) in [4.78, 5) is 0. The fourth-order valence-electron chi connectivity index (χ4n) is 3.46. The number of hydrogen-bond donors (Lipinski definition) is 0.